The van der Waals surface area contributed by atoms with Crippen molar-refractivity contribution in [1.82, 2.24) is 0 Å². The highest BCUT2D eigenvalue weighted by Crippen LogP contribution is 2.22. The Hall–Kier alpha value is -3.12. The van der Waals surface area contributed by atoms with Gasteiger partial charge in [-0.25, -0.2) is 4.79 Å². The molecule has 57 heavy (non-hydrogen) atoms. The molecule has 1 heterocycles. The first-order chi connectivity index (χ1) is 27.8. The highest BCUT2D eigenvalue weighted by atomic mass is 16.7. The van der Waals surface area contributed by atoms with Gasteiger partial charge in [0, 0.05) is 12.5 Å². The molecule has 0 aromatic carbocycles. The van der Waals surface area contributed by atoms with Crippen LogP contribution in [0.15, 0.2) is 85.1 Å². The third-order valence-electron chi connectivity index (χ3n) is 9.37. The number of aliphatic hydroxyl groups excluding tert-OH is 4. The van der Waals surface area contributed by atoms with Gasteiger partial charge in [0.15, 0.2) is 12.4 Å². The van der Waals surface area contributed by atoms with Gasteiger partial charge in [0.05, 0.1) is 13.2 Å². The van der Waals surface area contributed by atoms with Gasteiger partial charge in [0.2, 0.25) is 0 Å². The van der Waals surface area contributed by atoms with Gasteiger partial charge in [0.1, 0.15) is 31.0 Å². The Morgan fingerprint density at radius 1 is 0.614 bits per heavy atom. The van der Waals surface area contributed by atoms with Crippen molar-refractivity contribution < 1.29 is 49.0 Å². The van der Waals surface area contributed by atoms with Crippen molar-refractivity contribution in [3.05, 3.63) is 85.1 Å². The zero-order valence-electron chi connectivity index (χ0n) is 35.0. The fraction of sp³-hybridized carbons (Fsp3) is 0.660. The van der Waals surface area contributed by atoms with Crippen LogP contribution in [-0.4, -0.2) is 89.0 Å². The molecule has 2 unspecified atom stereocenters. The molecule has 0 radical (unpaired) electrons. The minimum absolute atomic E-state index is 0.128. The molecule has 0 spiro atoms. The summed E-state index contributed by atoms with van der Waals surface area (Å²) in [4.78, 5) is 25.2. The lowest BCUT2D eigenvalue weighted by molar-refractivity contribution is -0.305. The molecule has 0 amide bonds. The predicted octanol–water partition coefficient (Wildman–Crippen LogP) is 8.99. The van der Waals surface area contributed by atoms with E-state index in [2.05, 4.69) is 68.5 Å². The van der Waals surface area contributed by atoms with Gasteiger partial charge in [-0.2, -0.15) is 0 Å². The van der Waals surface area contributed by atoms with E-state index in [0.717, 1.165) is 44.9 Å². The summed E-state index contributed by atoms with van der Waals surface area (Å²) in [6.45, 7) is 3.11. The Labute approximate surface area is 344 Å². The number of allylic oxidation sites excluding steroid dienone is 13. The molecule has 0 aliphatic carbocycles. The summed E-state index contributed by atoms with van der Waals surface area (Å²) in [5.41, 5.74) is 0. The van der Waals surface area contributed by atoms with Crippen LogP contribution in [0.4, 0.5) is 0 Å². The fourth-order valence-corrected chi connectivity index (χ4v) is 5.96. The summed E-state index contributed by atoms with van der Waals surface area (Å²) < 4.78 is 21.9. The van der Waals surface area contributed by atoms with Gasteiger partial charge >= 0.3 is 11.9 Å². The molecule has 1 rings (SSSR count). The van der Waals surface area contributed by atoms with Crippen molar-refractivity contribution in [1.29, 1.82) is 0 Å². The molecule has 1 saturated heterocycles. The first-order valence-corrected chi connectivity index (χ1v) is 21.7. The van der Waals surface area contributed by atoms with Gasteiger partial charge in [0.25, 0.3) is 0 Å². The number of unbranched alkanes of at least 4 members (excludes halogenated alkanes) is 12. The summed E-state index contributed by atoms with van der Waals surface area (Å²) in [5, 5.41) is 40.0. The Morgan fingerprint density at radius 2 is 1.16 bits per heavy atom. The average molecular weight is 801 g/mol. The van der Waals surface area contributed by atoms with Crippen LogP contribution >= 0.6 is 0 Å². The van der Waals surface area contributed by atoms with Crippen LogP contribution in [0.3, 0.4) is 0 Å². The van der Waals surface area contributed by atoms with Crippen LogP contribution < -0.4 is 0 Å². The maximum Gasteiger partial charge on any atom is 0.330 e. The van der Waals surface area contributed by atoms with E-state index in [1.54, 1.807) is 6.08 Å². The van der Waals surface area contributed by atoms with E-state index in [0.29, 0.717) is 12.8 Å². The van der Waals surface area contributed by atoms with Gasteiger partial charge in [-0.15, -0.1) is 0 Å². The maximum atomic E-state index is 12.7. The van der Waals surface area contributed by atoms with Crippen LogP contribution in [0.1, 0.15) is 142 Å². The second-order valence-electron chi connectivity index (χ2n) is 14.5. The van der Waals surface area contributed by atoms with E-state index in [1.807, 2.05) is 18.2 Å². The molecule has 1 fully saturated rings. The van der Waals surface area contributed by atoms with Crippen LogP contribution in [0.5, 0.6) is 0 Å². The summed E-state index contributed by atoms with van der Waals surface area (Å²) in [6.07, 6.45) is 40.8. The quantitative estimate of drug-likeness (QED) is 0.0163. The number of ether oxygens (including phenoxy) is 4. The molecule has 6 atom stereocenters. The molecule has 0 aromatic rings. The second kappa shape index (κ2) is 37.2. The molecule has 0 aromatic heterocycles. The monoisotopic (exact) mass is 801 g/mol. The third-order valence-corrected chi connectivity index (χ3v) is 9.37. The van der Waals surface area contributed by atoms with Crippen molar-refractivity contribution in [3.8, 4) is 0 Å². The first kappa shape index (κ1) is 51.9. The number of rotatable bonds is 34. The maximum absolute atomic E-state index is 12.7. The van der Waals surface area contributed by atoms with E-state index in [1.165, 1.54) is 70.3 Å². The Bertz CT molecular complexity index is 1200. The highest BCUT2D eigenvalue weighted by molar-refractivity contribution is 5.82. The van der Waals surface area contributed by atoms with Crippen molar-refractivity contribution in [3.63, 3.8) is 0 Å². The van der Waals surface area contributed by atoms with Gasteiger partial charge < -0.3 is 39.4 Å². The van der Waals surface area contributed by atoms with Crippen LogP contribution in [0.25, 0.3) is 0 Å². The number of esters is 2. The lowest BCUT2D eigenvalue weighted by Crippen LogP contribution is -2.59. The first-order valence-electron chi connectivity index (χ1n) is 21.7. The van der Waals surface area contributed by atoms with Crippen LogP contribution in [0.2, 0.25) is 0 Å². The molecule has 0 bridgehead atoms. The molecule has 1 aliphatic heterocycles. The lowest BCUT2D eigenvalue weighted by atomic mass is 9.99. The topological polar surface area (TPSA) is 152 Å². The van der Waals surface area contributed by atoms with Crippen molar-refractivity contribution >= 4 is 11.9 Å². The van der Waals surface area contributed by atoms with Crippen molar-refractivity contribution in [2.75, 3.05) is 19.8 Å². The van der Waals surface area contributed by atoms with Crippen molar-refractivity contribution in [2.24, 2.45) is 0 Å². The zero-order valence-corrected chi connectivity index (χ0v) is 35.0. The van der Waals surface area contributed by atoms with Gasteiger partial charge in [-0.3, -0.25) is 4.79 Å². The summed E-state index contributed by atoms with van der Waals surface area (Å²) in [5.74, 6) is -1.14. The Kier molecular flexibility index (Phi) is 33.8. The summed E-state index contributed by atoms with van der Waals surface area (Å²) in [6, 6.07) is 0. The van der Waals surface area contributed by atoms with Gasteiger partial charge in [-0.1, -0.05) is 157 Å². The molecule has 4 N–H and O–H groups in total. The molecular weight excluding hydrogens is 725 g/mol. The minimum Gasteiger partial charge on any atom is -0.458 e. The number of hydrogen-bond donors (Lipinski definition) is 4. The van der Waals surface area contributed by atoms with Crippen LogP contribution in [0, 0.1) is 0 Å². The molecular formula is C47H76O10. The van der Waals surface area contributed by atoms with E-state index in [4.69, 9.17) is 18.9 Å². The standard InChI is InChI=1S/C47H76O10/c1-3-5-7-9-11-13-15-17-19-20-22-24-26-28-30-32-34-36-43(50)56-40(39-55-47-46(53)45(52)44(51)41(37-48)57-47)38-54-42(49)35-33-31-29-27-25-23-21-18-16-14-12-10-8-6-4-2/h5,7,11,13,17,19,22,24,28-31,33,35,40-41,44-48,51-53H,3-4,6,8-10,12,14-16,18,20-21,23,25-27,32,34,36-39H2,1-2H3/b7-5+,13-11+,19-17+,24-22+,30-28+,31-29+,35-33+/t40-,41-,44+,45?,46?,47-/m1/s1. The van der Waals surface area contributed by atoms with Gasteiger partial charge in [-0.05, 0) is 57.8 Å². The number of hydrogen-bond acceptors (Lipinski definition) is 10. The molecule has 10 nitrogen and oxygen atoms in total. The number of carbonyl (C=O) groups is 2. The van der Waals surface area contributed by atoms with Crippen molar-refractivity contribution in [2.45, 2.75) is 179 Å². The highest BCUT2D eigenvalue weighted by Gasteiger charge is 2.44. The number of aliphatic hydroxyl groups is 4. The Morgan fingerprint density at radius 3 is 1.74 bits per heavy atom. The summed E-state index contributed by atoms with van der Waals surface area (Å²) >= 11 is 0. The SMILES string of the molecule is CC/C=C/C/C=C/C/C=C/C/C=C/C/C=C/CCCC(=O)O[C@H](COC(=O)/C=C/C=C/CCCCCCCCCCCCC)CO[C@@H]1O[C@H](CO)[C@H](O)C(O)C1O. The fourth-order valence-electron chi connectivity index (χ4n) is 5.96. The Balaban J connectivity index is 2.46. The molecule has 1 aliphatic rings. The predicted molar refractivity (Wildman–Crippen MR) is 228 cm³/mol. The lowest BCUT2D eigenvalue weighted by Gasteiger charge is -2.39. The van der Waals surface area contributed by atoms with E-state index in [-0.39, 0.29) is 19.6 Å². The molecule has 324 valence electrons. The normalized spacial score (nSPS) is 21.1. The molecule has 10 heteroatoms. The van der Waals surface area contributed by atoms with E-state index in [9.17, 15) is 30.0 Å². The zero-order chi connectivity index (χ0) is 41.6. The molecule has 0 saturated carbocycles. The largest absolute Gasteiger partial charge is 0.458 e. The average Bonchev–Trinajstić information content (AvgIpc) is 3.21. The number of carbonyl (C=O) groups excluding carboxylic acids is 2. The third kappa shape index (κ3) is 28.9. The van der Waals surface area contributed by atoms with E-state index >= 15 is 0 Å². The second-order valence-corrected chi connectivity index (χ2v) is 14.5. The smallest absolute Gasteiger partial charge is 0.330 e. The minimum atomic E-state index is -1.62. The van der Waals surface area contributed by atoms with Crippen LogP contribution in [-0.2, 0) is 28.5 Å². The summed E-state index contributed by atoms with van der Waals surface area (Å²) in [7, 11) is 0. The van der Waals surface area contributed by atoms with E-state index < -0.39 is 55.4 Å².